The summed E-state index contributed by atoms with van der Waals surface area (Å²) in [5, 5.41) is 0. The second-order valence-electron chi connectivity index (χ2n) is 7.40. The zero-order valence-electron chi connectivity index (χ0n) is 16.6. The smallest absolute Gasteiger partial charge is 0.257 e. The van der Waals surface area contributed by atoms with Crippen LogP contribution < -0.4 is 15.6 Å². The summed E-state index contributed by atoms with van der Waals surface area (Å²) in [6.45, 7) is 5.42. The molecule has 4 rings (SSSR count). The Bertz CT molecular complexity index is 837. The maximum absolute atomic E-state index is 13.1. The molecular formula is C22H27FN4O2. The summed E-state index contributed by atoms with van der Waals surface area (Å²) in [6.07, 6.45) is 1.09. The second kappa shape index (κ2) is 8.90. The van der Waals surface area contributed by atoms with Crippen LogP contribution >= 0.6 is 0 Å². The van der Waals surface area contributed by atoms with Crippen molar-refractivity contribution in [2.45, 2.75) is 25.6 Å². The summed E-state index contributed by atoms with van der Waals surface area (Å²) in [4.78, 5) is 17.2. The van der Waals surface area contributed by atoms with Crippen molar-refractivity contribution >= 4 is 5.91 Å². The number of hydrogen-bond donors (Lipinski definition) is 2. The minimum Gasteiger partial charge on any atom is -0.493 e. The fraction of sp³-hybridized carbons (Fsp3) is 0.409. The number of para-hydroxylation sites is 1. The molecule has 2 aromatic carbocycles. The van der Waals surface area contributed by atoms with Gasteiger partial charge in [-0.1, -0.05) is 24.3 Å². The summed E-state index contributed by atoms with van der Waals surface area (Å²) in [6, 6.07) is 14.2. The molecule has 7 heteroatoms. The molecule has 154 valence electrons. The van der Waals surface area contributed by atoms with Crippen LogP contribution in [0.2, 0.25) is 0 Å². The van der Waals surface area contributed by atoms with Crippen molar-refractivity contribution in [3.8, 4) is 5.75 Å². The highest BCUT2D eigenvalue weighted by molar-refractivity contribution is 5.97. The number of benzene rings is 2. The Balaban J connectivity index is 1.33. The molecule has 2 aromatic rings. The lowest BCUT2D eigenvalue weighted by molar-refractivity contribution is 0.0541. The van der Waals surface area contributed by atoms with Crippen LogP contribution in [0.3, 0.4) is 0 Å². The van der Waals surface area contributed by atoms with Crippen LogP contribution in [0.1, 0.15) is 35.3 Å². The van der Waals surface area contributed by atoms with Gasteiger partial charge in [-0.05, 0) is 43.2 Å². The van der Waals surface area contributed by atoms with Crippen LogP contribution in [-0.4, -0.2) is 54.7 Å². The Morgan fingerprint density at radius 3 is 2.52 bits per heavy atom. The van der Waals surface area contributed by atoms with E-state index >= 15 is 0 Å². The molecule has 0 radical (unpaired) electrons. The predicted molar refractivity (Wildman–Crippen MR) is 109 cm³/mol. The summed E-state index contributed by atoms with van der Waals surface area (Å²) < 4.78 is 18.8. The molecule has 0 saturated carbocycles. The van der Waals surface area contributed by atoms with Crippen molar-refractivity contribution in [1.82, 2.24) is 20.7 Å². The molecule has 6 nitrogen and oxygen atoms in total. The molecule has 2 saturated heterocycles. The molecule has 0 spiro atoms. The van der Waals surface area contributed by atoms with Crippen molar-refractivity contribution in [3.05, 3.63) is 65.5 Å². The highest BCUT2D eigenvalue weighted by Crippen LogP contribution is 2.25. The molecule has 29 heavy (non-hydrogen) atoms. The first kappa shape index (κ1) is 19.8. The zero-order valence-corrected chi connectivity index (χ0v) is 16.6. The van der Waals surface area contributed by atoms with E-state index in [1.807, 2.05) is 48.2 Å². The van der Waals surface area contributed by atoms with Gasteiger partial charge in [0.05, 0.1) is 18.3 Å². The van der Waals surface area contributed by atoms with Crippen molar-refractivity contribution in [3.63, 3.8) is 0 Å². The molecule has 2 atom stereocenters. The van der Waals surface area contributed by atoms with Gasteiger partial charge in [-0.15, -0.1) is 0 Å². The molecule has 2 N–H and O–H groups in total. The van der Waals surface area contributed by atoms with Crippen LogP contribution in [0.15, 0.2) is 48.5 Å². The Kier molecular flexibility index (Phi) is 6.08. The predicted octanol–water partition coefficient (Wildman–Crippen LogP) is 2.55. The van der Waals surface area contributed by atoms with Gasteiger partial charge in [0.1, 0.15) is 11.6 Å². The zero-order chi connectivity index (χ0) is 20.2. The number of halogens is 1. The number of nitrogens with one attached hydrogen (secondary N) is 2. The van der Waals surface area contributed by atoms with Gasteiger partial charge >= 0.3 is 0 Å². The topological polar surface area (TPSA) is 56.8 Å². The number of hydrazine groups is 1. The van der Waals surface area contributed by atoms with Gasteiger partial charge in [0.15, 0.2) is 0 Å². The van der Waals surface area contributed by atoms with Crippen LogP contribution in [0.5, 0.6) is 5.75 Å². The van der Waals surface area contributed by atoms with Gasteiger partial charge in [-0.2, -0.15) is 0 Å². The fourth-order valence-corrected chi connectivity index (χ4v) is 4.02. The number of rotatable bonds is 5. The van der Waals surface area contributed by atoms with E-state index in [2.05, 4.69) is 15.8 Å². The number of carbonyl (C=O) groups excluding carboxylic acids is 1. The largest absolute Gasteiger partial charge is 0.493 e. The third-order valence-electron chi connectivity index (χ3n) is 5.62. The average molecular weight is 398 g/mol. The van der Waals surface area contributed by atoms with Crippen LogP contribution in [0.4, 0.5) is 4.39 Å². The van der Waals surface area contributed by atoms with Gasteiger partial charge in [0.25, 0.3) is 5.91 Å². The second-order valence-corrected chi connectivity index (χ2v) is 7.40. The third-order valence-corrected chi connectivity index (χ3v) is 5.62. The lowest BCUT2D eigenvalue weighted by atomic mass is 10.0. The van der Waals surface area contributed by atoms with Gasteiger partial charge < -0.3 is 9.64 Å². The van der Waals surface area contributed by atoms with Crippen LogP contribution in [0.25, 0.3) is 0 Å². The van der Waals surface area contributed by atoms with Gasteiger partial charge in [-0.25, -0.2) is 15.2 Å². The fourth-order valence-electron chi connectivity index (χ4n) is 4.02. The number of nitrogens with zero attached hydrogens (tertiary/aromatic N) is 2. The molecule has 0 bridgehead atoms. The normalized spacial score (nSPS) is 22.6. The van der Waals surface area contributed by atoms with Gasteiger partial charge in [-0.3, -0.25) is 9.69 Å². The molecule has 0 aliphatic carbocycles. The van der Waals surface area contributed by atoms with Crippen molar-refractivity contribution in [2.24, 2.45) is 0 Å². The van der Waals surface area contributed by atoms with Gasteiger partial charge in [0, 0.05) is 32.2 Å². The quantitative estimate of drug-likeness (QED) is 0.811. The Morgan fingerprint density at radius 1 is 1.07 bits per heavy atom. The van der Waals surface area contributed by atoms with E-state index < -0.39 is 0 Å². The lowest BCUT2D eigenvalue weighted by Gasteiger charge is -2.37. The van der Waals surface area contributed by atoms with Crippen molar-refractivity contribution in [2.75, 3.05) is 32.8 Å². The molecule has 2 unspecified atom stereocenters. The number of hydrogen-bond acceptors (Lipinski definition) is 5. The maximum Gasteiger partial charge on any atom is 0.257 e. The van der Waals surface area contributed by atoms with E-state index in [1.54, 1.807) is 0 Å². The third kappa shape index (κ3) is 4.42. The minimum atomic E-state index is -0.219. The van der Waals surface area contributed by atoms with Crippen molar-refractivity contribution < 1.29 is 13.9 Å². The summed E-state index contributed by atoms with van der Waals surface area (Å²) in [7, 11) is 0. The van der Waals surface area contributed by atoms with Crippen molar-refractivity contribution in [1.29, 1.82) is 0 Å². The standard InChI is InChI=1S/C22H27FN4O2/c1-2-29-20-6-4-3-5-18(20)22(28)27-13-11-26(12-14-27)21-15-19(24-25-21)16-7-9-17(23)10-8-16/h3-10,19,21,24-25H,2,11-15H2,1H3. The SMILES string of the molecule is CCOc1ccccc1C(=O)N1CCN(C2CC(c3ccc(F)cc3)NN2)CC1. The summed E-state index contributed by atoms with van der Waals surface area (Å²) in [5.74, 6) is 0.449. The number of amides is 1. The lowest BCUT2D eigenvalue weighted by Crippen LogP contribution is -2.55. The molecule has 2 heterocycles. The Hall–Kier alpha value is -2.48. The highest BCUT2D eigenvalue weighted by atomic mass is 19.1. The average Bonchev–Trinajstić information content (AvgIpc) is 3.25. The molecule has 0 aromatic heterocycles. The molecule has 1 amide bonds. The number of carbonyl (C=O) groups is 1. The van der Waals surface area contributed by atoms with E-state index in [1.165, 1.54) is 12.1 Å². The first-order chi connectivity index (χ1) is 14.2. The number of ether oxygens (including phenoxy) is 1. The highest BCUT2D eigenvalue weighted by Gasteiger charge is 2.32. The monoisotopic (exact) mass is 398 g/mol. The first-order valence-electron chi connectivity index (χ1n) is 10.2. The van der Waals surface area contributed by atoms with Crippen LogP contribution in [0, 0.1) is 5.82 Å². The number of piperazine rings is 1. The van der Waals surface area contributed by atoms with Gasteiger partial charge in [0.2, 0.25) is 0 Å². The Morgan fingerprint density at radius 2 is 1.79 bits per heavy atom. The van der Waals surface area contributed by atoms with E-state index in [0.29, 0.717) is 31.0 Å². The minimum absolute atomic E-state index is 0.0235. The first-order valence-corrected chi connectivity index (χ1v) is 10.2. The molecule has 2 aliphatic rings. The summed E-state index contributed by atoms with van der Waals surface area (Å²) in [5.41, 5.74) is 8.36. The van der Waals surface area contributed by atoms with E-state index in [4.69, 9.17) is 4.74 Å². The van der Waals surface area contributed by atoms with E-state index in [9.17, 15) is 9.18 Å². The van der Waals surface area contributed by atoms with E-state index in [0.717, 1.165) is 25.1 Å². The molecule has 2 aliphatic heterocycles. The maximum atomic E-state index is 13.1. The summed E-state index contributed by atoms with van der Waals surface area (Å²) >= 11 is 0. The Labute approximate surface area is 170 Å². The molecular weight excluding hydrogens is 371 g/mol. The van der Waals surface area contributed by atoms with E-state index in [-0.39, 0.29) is 23.9 Å². The van der Waals surface area contributed by atoms with Crippen LogP contribution in [-0.2, 0) is 0 Å². The molecule has 2 fully saturated rings.